The van der Waals surface area contributed by atoms with E-state index < -0.39 is 22.6 Å². The zero-order valence-corrected chi connectivity index (χ0v) is 13.1. The first kappa shape index (κ1) is 15.5. The summed E-state index contributed by atoms with van der Waals surface area (Å²) in [4.78, 5) is 55.6. The van der Waals surface area contributed by atoms with E-state index in [1.54, 1.807) is 4.90 Å². The third-order valence-electron chi connectivity index (χ3n) is 4.84. The molecule has 3 heterocycles. The average molecular weight is 320 g/mol. The van der Waals surface area contributed by atoms with Crippen molar-refractivity contribution in [1.82, 2.24) is 19.8 Å². The molecule has 0 radical (unpaired) electrons. The predicted molar refractivity (Wildman–Crippen MR) is 82.1 cm³/mol. The summed E-state index contributed by atoms with van der Waals surface area (Å²) in [5.74, 6) is -0.299. The van der Waals surface area contributed by atoms with Gasteiger partial charge in [-0.3, -0.25) is 19.4 Å². The highest BCUT2D eigenvalue weighted by Gasteiger charge is 2.49. The SMILES string of the molecule is CCN1CCCC2(CCN(C(=O)c3cc(=O)[nH]c(=O)[nH]3)C2)C1=O. The van der Waals surface area contributed by atoms with Gasteiger partial charge in [0.1, 0.15) is 5.69 Å². The minimum absolute atomic E-state index is 0.0357. The van der Waals surface area contributed by atoms with Gasteiger partial charge in [0, 0.05) is 32.2 Å². The fourth-order valence-electron chi connectivity index (χ4n) is 3.63. The maximum absolute atomic E-state index is 12.7. The number of aromatic amines is 2. The summed E-state index contributed by atoms with van der Waals surface area (Å²) in [7, 11) is 0. The molecule has 0 bridgehead atoms. The number of nitrogens with one attached hydrogen (secondary N) is 2. The van der Waals surface area contributed by atoms with Crippen molar-refractivity contribution >= 4 is 11.8 Å². The van der Waals surface area contributed by atoms with Gasteiger partial charge >= 0.3 is 5.69 Å². The summed E-state index contributed by atoms with van der Waals surface area (Å²) in [6, 6.07) is 1.08. The number of hydrogen-bond donors (Lipinski definition) is 2. The van der Waals surface area contributed by atoms with Crippen LogP contribution in [0.5, 0.6) is 0 Å². The van der Waals surface area contributed by atoms with Crippen LogP contribution in [-0.2, 0) is 4.79 Å². The van der Waals surface area contributed by atoms with Crippen molar-refractivity contribution in [2.24, 2.45) is 5.41 Å². The van der Waals surface area contributed by atoms with Crippen molar-refractivity contribution in [3.63, 3.8) is 0 Å². The van der Waals surface area contributed by atoms with Crippen molar-refractivity contribution in [3.05, 3.63) is 32.6 Å². The fraction of sp³-hybridized carbons (Fsp3) is 0.600. The minimum Gasteiger partial charge on any atom is -0.342 e. The molecule has 124 valence electrons. The summed E-state index contributed by atoms with van der Waals surface area (Å²) < 4.78 is 0. The molecule has 2 fully saturated rings. The molecule has 8 heteroatoms. The largest absolute Gasteiger partial charge is 0.342 e. The Bertz CT molecular complexity index is 724. The van der Waals surface area contributed by atoms with Crippen LogP contribution in [0, 0.1) is 5.41 Å². The molecular weight excluding hydrogens is 300 g/mol. The van der Waals surface area contributed by atoms with Gasteiger partial charge in [0.05, 0.1) is 5.41 Å². The number of aromatic nitrogens is 2. The van der Waals surface area contributed by atoms with Gasteiger partial charge in [-0.15, -0.1) is 0 Å². The molecule has 23 heavy (non-hydrogen) atoms. The van der Waals surface area contributed by atoms with E-state index in [1.807, 2.05) is 16.8 Å². The highest BCUT2D eigenvalue weighted by atomic mass is 16.2. The topological polar surface area (TPSA) is 106 Å². The molecule has 1 atom stereocenters. The van der Waals surface area contributed by atoms with Gasteiger partial charge in [-0.1, -0.05) is 0 Å². The smallest absolute Gasteiger partial charge is 0.326 e. The van der Waals surface area contributed by atoms with Crippen molar-refractivity contribution in [1.29, 1.82) is 0 Å². The second-order valence-electron chi connectivity index (χ2n) is 6.25. The van der Waals surface area contributed by atoms with Gasteiger partial charge in [-0.2, -0.15) is 0 Å². The third-order valence-corrected chi connectivity index (χ3v) is 4.84. The monoisotopic (exact) mass is 320 g/mol. The Hall–Kier alpha value is -2.38. The Morgan fingerprint density at radius 1 is 1.22 bits per heavy atom. The van der Waals surface area contributed by atoms with Crippen LogP contribution in [0.1, 0.15) is 36.7 Å². The Labute approximate surface area is 132 Å². The maximum Gasteiger partial charge on any atom is 0.326 e. The zero-order chi connectivity index (χ0) is 16.6. The van der Waals surface area contributed by atoms with Crippen LogP contribution in [0.15, 0.2) is 15.7 Å². The molecule has 2 aliphatic heterocycles. The van der Waals surface area contributed by atoms with Gasteiger partial charge in [0.15, 0.2) is 0 Å². The first-order chi connectivity index (χ1) is 10.9. The Kier molecular flexibility index (Phi) is 3.83. The molecule has 0 aromatic carbocycles. The van der Waals surface area contributed by atoms with Gasteiger partial charge in [-0.25, -0.2) is 4.79 Å². The average Bonchev–Trinajstić information content (AvgIpc) is 2.93. The van der Waals surface area contributed by atoms with Crippen LogP contribution >= 0.6 is 0 Å². The first-order valence-electron chi connectivity index (χ1n) is 7.87. The minimum atomic E-state index is -0.708. The molecule has 2 amide bonds. The Morgan fingerprint density at radius 3 is 2.70 bits per heavy atom. The number of likely N-dealkylation sites (tertiary alicyclic amines) is 2. The molecule has 0 aliphatic carbocycles. The lowest BCUT2D eigenvalue weighted by Crippen LogP contribution is -2.50. The molecule has 1 aromatic rings. The van der Waals surface area contributed by atoms with Crippen molar-refractivity contribution in [2.45, 2.75) is 26.2 Å². The van der Waals surface area contributed by atoms with Crippen molar-refractivity contribution in [3.8, 4) is 0 Å². The highest BCUT2D eigenvalue weighted by Crippen LogP contribution is 2.40. The zero-order valence-electron chi connectivity index (χ0n) is 13.1. The summed E-state index contributed by atoms with van der Waals surface area (Å²) >= 11 is 0. The number of amides is 2. The van der Waals surface area contributed by atoms with E-state index >= 15 is 0 Å². The molecule has 2 aliphatic rings. The predicted octanol–water partition coefficient (Wildman–Crippen LogP) is -0.462. The number of nitrogens with zero attached hydrogens (tertiary/aromatic N) is 2. The molecular formula is C15H20N4O4. The van der Waals surface area contributed by atoms with Crippen LogP contribution < -0.4 is 11.2 Å². The lowest BCUT2D eigenvalue weighted by atomic mass is 9.78. The number of rotatable bonds is 2. The lowest BCUT2D eigenvalue weighted by Gasteiger charge is -2.38. The summed E-state index contributed by atoms with van der Waals surface area (Å²) in [5.41, 5.74) is -1.87. The second kappa shape index (κ2) is 5.68. The van der Waals surface area contributed by atoms with E-state index in [4.69, 9.17) is 0 Å². The number of H-pyrrole nitrogens is 2. The third kappa shape index (κ3) is 2.69. The molecule has 1 aromatic heterocycles. The molecule has 1 spiro atoms. The molecule has 1 unspecified atom stereocenters. The van der Waals surface area contributed by atoms with E-state index in [9.17, 15) is 19.2 Å². The van der Waals surface area contributed by atoms with Crippen LogP contribution in [0.4, 0.5) is 0 Å². The van der Waals surface area contributed by atoms with E-state index in [0.29, 0.717) is 26.1 Å². The fourth-order valence-corrected chi connectivity index (χ4v) is 3.63. The normalized spacial score (nSPS) is 24.5. The highest BCUT2D eigenvalue weighted by molar-refractivity contribution is 5.93. The van der Waals surface area contributed by atoms with Gasteiger partial charge in [0.2, 0.25) is 5.91 Å². The second-order valence-corrected chi connectivity index (χ2v) is 6.25. The number of carbonyl (C=O) groups excluding carboxylic acids is 2. The number of carbonyl (C=O) groups is 2. The van der Waals surface area contributed by atoms with Gasteiger partial charge in [-0.05, 0) is 26.2 Å². The standard InChI is InChI=1S/C15H20N4O4/c1-2-18-6-3-4-15(13(18)22)5-7-19(9-15)12(21)10-8-11(20)17-14(23)16-10/h8H,2-7,9H2,1H3,(H2,16,17,20,23). The molecule has 8 nitrogen and oxygen atoms in total. The van der Waals surface area contributed by atoms with Crippen molar-refractivity contribution in [2.75, 3.05) is 26.2 Å². The summed E-state index contributed by atoms with van der Waals surface area (Å²) in [6.07, 6.45) is 2.34. The number of hydrogen-bond acceptors (Lipinski definition) is 4. The quantitative estimate of drug-likeness (QED) is 0.769. The van der Waals surface area contributed by atoms with E-state index in [2.05, 4.69) is 4.98 Å². The van der Waals surface area contributed by atoms with E-state index in [1.165, 1.54) is 0 Å². The van der Waals surface area contributed by atoms with E-state index in [-0.39, 0.29) is 11.6 Å². The van der Waals surface area contributed by atoms with Crippen LogP contribution in [0.2, 0.25) is 0 Å². The molecule has 0 saturated carbocycles. The Balaban J connectivity index is 1.81. The van der Waals surface area contributed by atoms with Crippen LogP contribution in [-0.4, -0.2) is 57.8 Å². The number of piperidine rings is 1. The van der Waals surface area contributed by atoms with E-state index in [0.717, 1.165) is 25.5 Å². The van der Waals surface area contributed by atoms with Crippen LogP contribution in [0.25, 0.3) is 0 Å². The molecule has 2 saturated heterocycles. The summed E-state index contributed by atoms with van der Waals surface area (Å²) in [5, 5.41) is 0. The molecule has 2 N–H and O–H groups in total. The Morgan fingerprint density at radius 2 is 2.00 bits per heavy atom. The maximum atomic E-state index is 12.7. The van der Waals surface area contributed by atoms with Gasteiger partial charge in [0.25, 0.3) is 11.5 Å². The van der Waals surface area contributed by atoms with Crippen molar-refractivity contribution < 1.29 is 9.59 Å². The van der Waals surface area contributed by atoms with Gasteiger partial charge < -0.3 is 14.8 Å². The lowest BCUT2D eigenvalue weighted by molar-refractivity contribution is -0.145. The summed E-state index contributed by atoms with van der Waals surface area (Å²) in [6.45, 7) is 4.20. The molecule has 3 rings (SSSR count). The first-order valence-corrected chi connectivity index (χ1v) is 7.87. The van der Waals surface area contributed by atoms with Crippen LogP contribution in [0.3, 0.4) is 0 Å².